The third-order valence-corrected chi connectivity index (χ3v) is 3.46. The van der Waals surface area contributed by atoms with E-state index in [2.05, 4.69) is 13.8 Å². The number of hydrogen-bond donors (Lipinski definition) is 0. The molecule has 0 bridgehead atoms. The Bertz CT molecular complexity index is 75.6. The molecule has 0 aliphatic rings. The first kappa shape index (κ1) is 9.80. The van der Waals surface area contributed by atoms with Crippen LogP contribution in [0.5, 0.6) is 0 Å². The Morgan fingerprint density at radius 3 is 1.89 bits per heavy atom. The van der Waals surface area contributed by atoms with Crippen molar-refractivity contribution in [3.63, 3.8) is 0 Å². The van der Waals surface area contributed by atoms with E-state index in [0.29, 0.717) is 0 Å². The van der Waals surface area contributed by atoms with Crippen LogP contribution in [0.3, 0.4) is 0 Å². The minimum absolute atomic E-state index is 0.731. The molecule has 0 aromatic carbocycles. The molecule has 0 aromatic rings. The van der Waals surface area contributed by atoms with Gasteiger partial charge in [0.1, 0.15) is 0 Å². The monoisotopic (exact) mass is 184 g/mol. The fourth-order valence-electron chi connectivity index (χ4n) is 0.542. The summed E-state index contributed by atoms with van der Waals surface area (Å²) in [4.78, 5) is 0. The maximum absolute atomic E-state index is 5.88. The average Bonchev–Trinajstić information content (AvgIpc) is 1.59. The quantitative estimate of drug-likeness (QED) is 0.465. The topological polar surface area (TPSA) is 0 Å². The third-order valence-electron chi connectivity index (χ3n) is 1.16. The first-order chi connectivity index (χ1) is 3.92. The Balaban J connectivity index is 3.28. The van der Waals surface area contributed by atoms with Crippen molar-refractivity contribution in [2.45, 2.75) is 32.9 Å². The molecule has 0 heterocycles. The smallest absolute Gasteiger partial charge is 0.146 e. The molecule has 0 saturated carbocycles. The Hall–Kier alpha value is 0.797. The zero-order valence-electron chi connectivity index (χ0n) is 6.25. The fraction of sp³-hybridized carbons (Fsp3) is 1.00. The summed E-state index contributed by atoms with van der Waals surface area (Å²) in [5.74, 6) is 0.731. The van der Waals surface area contributed by atoms with Crippen molar-refractivity contribution >= 4 is 28.9 Å². The van der Waals surface area contributed by atoms with Gasteiger partial charge >= 0.3 is 0 Å². The van der Waals surface area contributed by atoms with Crippen LogP contribution in [0.4, 0.5) is 0 Å². The average molecular weight is 185 g/mol. The van der Waals surface area contributed by atoms with E-state index < -0.39 is 6.69 Å². The van der Waals surface area contributed by atoms with Gasteiger partial charge in [-0.3, -0.25) is 0 Å². The van der Waals surface area contributed by atoms with Gasteiger partial charge in [0.05, 0.1) is 0 Å². The highest BCUT2D eigenvalue weighted by molar-refractivity contribution is 7.44. The van der Waals surface area contributed by atoms with Gasteiger partial charge in [0.2, 0.25) is 6.69 Å². The summed E-state index contributed by atoms with van der Waals surface area (Å²) in [6, 6.07) is 1.02. The van der Waals surface area contributed by atoms with Crippen LogP contribution in [0.1, 0.15) is 20.3 Å². The third kappa shape index (κ3) is 8.80. The van der Waals surface area contributed by atoms with E-state index in [4.69, 9.17) is 22.2 Å². The van der Waals surface area contributed by atoms with Crippen LogP contribution in [0.2, 0.25) is 12.6 Å². The number of halogens is 2. The Morgan fingerprint density at radius 1 is 1.33 bits per heavy atom. The number of hydrogen-bond acceptors (Lipinski definition) is 0. The minimum Gasteiger partial charge on any atom is -0.146 e. The molecule has 0 saturated heterocycles. The van der Waals surface area contributed by atoms with Gasteiger partial charge in [-0.05, 0) is 18.5 Å². The summed E-state index contributed by atoms with van der Waals surface area (Å²) in [6.45, 7) is 4.57. The molecule has 0 nitrogen and oxygen atoms in total. The highest BCUT2D eigenvalue weighted by Crippen LogP contribution is 2.23. The van der Waals surface area contributed by atoms with Gasteiger partial charge < -0.3 is 0 Å². The zero-order chi connectivity index (χ0) is 7.49. The van der Waals surface area contributed by atoms with Crippen LogP contribution in [0, 0.1) is 5.92 Å². The molecule has 0 N–H and O–H groups in total. The summed E-state index contributed by atoms with van der Waals surface area (Å²) in [7, 11) is 0. The van der Waals surface area contributed by atoms with Gasteiger partial charge in [-0.2, -0.15) is 0 Å². The Kier molecular flexibility index (Phi) is 4.18. The molecule has 56 valence electrons. The molecule has 0 aliphatic heterocycles. The fourth-order valence-corrected chi connectivity index (χ4v) is 2.28. The van der Waals surface area contributed by atoms with Gasteiger partial charge in [0.25, 0.3) is 0 Å². The lowest BCUT2D eigenvalue weighted by atomic mass is 10.2. The minimum atomic E-state index is -1.78. The van der Waals surface area contributed by atoms with Crippen LogP contribution >= 0.6 is 22.2 Å². The lowest BCUT2D eigenvalue weighted by Gasteiger charge is -2.10. The highest BCUT2D eigenvalue weighted by atomic mass is 35.7. The van der Waals surface area contributed by atoms with Crippen LogP contribution in [-0.4, -0.2) is 6.69 Å². The lowest BCUT2D eigenvalue weighted by molar-refractivity contribution is 0.623. The van der Waals surface area contributed by atoms with Crippen LogP contribution in [0.25, 0.3) is 0 Å². The van der Waals surface area contributed by atoms with E-state index in [1.54, 1.807) is 0 Å². The SMILES string of the molecule is CC(C)CC[Si](C)(Cl)Cl. The first-order valence-corrected chi connectivity index (χ1v) is 8.03. The maximum atomic E-state index is 5.88. The van der Waals surface area contributed by atoms with Gasteiger partial charge in [0, 0.05) is 0 Å². The van der Waals surface area contributed by atoms with Crippen LogP contribution in [-0.2, 0) is 0 Å². The molecule has 0 fully saturated rings. The molecular weight excluding hydrogens is 171 g/mol. The van der Waals surface area contributed by atoms with E-state index in [0.717, 1.165) is 18.4 Å². The molecule has 0 aromatic heterocycles. The normalized spacial score (nSPS) is 12.7. The van der Waals surface area contributed by atoms with Crippen molar-refractivity contribution in [1.29, 1.82) is 0 Å². The summed E-state index contributed by atoms with van der Waals surface area (Å²) >= 11 is 11.8. The van der Waals surface area contributed by atoms with E-state index in [1.807, 2.05) is 6.55 Å². The van der Waals surface area contributed by atoms with Crippen LogP contribution in [0.15, 0.2) is 0 Å². The Labute approximate surface area is 68.0 Å². The molecule has 0 amide bonds. The van der Waals surface area contributed by atoms with Gasteiger partial charge in [-0.25, -0.2) is 0 Å². The molecule has 0 spiro atoms. The molecule has 0 unspecified atom stereocenters. The largest absolute Gasteiger partial charge is 0.248 e. The first-order valence-electron chi connectivity index (χ1n) is 3.29. The summed E-state index contributed by atoms with van der Waals surface area (Å²) in [5.41, 5.74) is 0. The lowest BCUT2D eigenvalue weighted by Crippen LogP contribution is -2.12. The second kappa shape index (κ2) is 3.84. The van der Waals surface area contributed by atoms with Gasteiger partial charge in [-0.15, -0.1) is 22.2 Å². The van der Waals surface area contributed by atoms with Gasteiger partial charge in [-0.1, -0.05) is 20.3 Å². The Morgan fingerprint density at radius 2 is 1.78 bits per heavy atom. The molecular formula is C6H14Cl2Si. The summed E-state index contributed by atoms with van der Waals surface area (Å²) in [5, 5.41) is 0. The predicted octanol–water partition coefficient (Wildman–Crippen LogP) is 3.58. The second-order valence-electron chi connectivity index (χ2n) is 3.00. The zero-order valence-corrected chi connectivity index (χ0v) is 8.76. The molecule has 3 heteroatoms. The highest BCUT2D eigenvalue weighted by Gasteiger charge is 2.20. The second-order valence-corrected chi connectivity index (χ2v) is 11.2. The standard InChI is InChI=1S/C6H14Cl2Si/c1-6(2)4-5-9(3,7)8/h6H,4-5H2,1-3H3. The van der Waals surface area contributed by atoms with Crippen molar-refractivity contribution < 1.29 is 0 Å². The summed E-state index contributed by atoms with van der Waals surface area (Å²) in [6.07, 6.45) is 1.16. The van der Waals surface area contributed by atoms with Gasteiger partial charge in [0.15, 0.2) is 0 Å². The molecule has 0 atom stereocenters. The maximum Gasteiger partial charge on any atom is 0.248 e. The van der Waals surface area contributed by atoms with E-state index >= 15 is 0 Å². The van der Waals surface area contributed by atoms with E-state index in [-0.39, 0.29) is 0 Å². The predicted molar refractivity (Wildman–Crippen MR) is 47.6 cm³/mol. The molecule has 9 heavy (non-hydrogen) atoms. The van der Waals surface area contributed by atoms with Crippen molar-refractivity contribution in [3.05, 3.63) is 0 Å². The molecule has 0 rings (SSSR count). The van der Waals surface area contributed by atoms with Crippen molar-refractivity contribution in [1.82, 2.24) is 0 Å². The van der Waals surface area contributed by atoms with Crippen molar-refractivity contribution in [2.24, 2.45) is 5.92 Å². The van der Waals surface area contributed by atoms with Crippen molar-refractivity contribution in [2.75, 3.05) is 0 Å². The summed E-state index contributed by atoms with van der Waals surface area (Å²) < 4.78 is 0. The molecule has 0 aliphatic carbocycles. The number of rotatable bonds is 3. The van der Waals surface area contributed by atoms with E-state index in [1.165, 1.54) is 0 Å². The van der Waals surface area contributed by atoms with Crippen molar-refractivity contribution in [3.8, 4) is 0 Å². The molecule has 0 radical (unpaired) electrons. The van der Waals surface area contributed by atoms with E-state index in [9.17, 15) is 0 Å². The van der Waals surface area contributed by atoms with Crippen LogP contribution < -0.4 is 0 Å².